The van der Waals surface area contributed by atoms with E-state index in [9.17, 15) is 0 Å². The molecule has 0 spiro atoms. The van der Waals surface area contributed by atoms with Crippen LogP contribution in [0, 0.1) is 0 Å². The van der Waals surface area contributed by atoms with Crippen molar-refractivity contribution >= 4 is 90.9 Å². The second-order valence-electron chi connectivity index (χ2n) is 14.1. The van der Waals surface area contributed by atoms with E-state index in [-0.39, 0.29) is 0 Å². The smallest absolute Gasteiger partial charge is 0.0476 e. The molecule has 11 aromatic rings. The molecule has 0 saturated carbocycles. The van der Waals surface area contributed by atoms with Gasteiger partial charge in [-0.3, -0.25) is 0 Å². The number of hydrogen-bond acceptors (Lipinski definition) is 3. The van der Waals surface area contributed by atoms with Crippen LogP contribution in [0.15, 0.2) is 200 Å². The second kappa shape index (κ2) is 13.1. The molecule has 0 aliphatic carbocycles. The first-order valence-electron chi connectivity index (χ1n) is 18.7. The van der Waals surface area contributed by atoms with Gasteiger partial charge in [-0.05, 0) is 105 Å². The highest BCUT2D eigenvalue weighted by Crippen LogP contribution is 2.43. The lowest BCUT2D eigenvalue weighted by Gasteiger charge is -2.26. The fraction of sp³-hybridized carbons (Fsp3) is 0. The van der Waals surface area contributed by atoms with Gasteiger partial charge in [0, 0.05) is 57.4 Å². The van der Waals surface area contributed by atoms with E-state index in [1.54, 1.807) is 0 Å². The van der Waals surface area contributed by atoms with E-state index in [1.807, 2.05) is 22.7 Å². The van der Waals surface area contributed by atoms with Gasteiger partial charge in [-0.25, -0.2) is 0 Å². The monoisotopic (exact) mass is 735 g/mol. The predicted molar refractivity (Wildman–Crippen MR) is 241 cm³/mol. The summed E-state index contributed by atoms with van der Waals surface area (Å²) in [4.78, 5) is 2.40. The van der Waals surface area contributed by atoms with Gasteiger partial charge in [0.1, 0.15) is 0 Å². The minimum absolute atomic E-state index is 1.12. The molecule has 0 N–H and O–H groups in total. The molecule has 0 fully saturated rings. The zero-order chi connectivity index (χ0) is 36.3. The molecule has 0 aliphatic rings. The maximum atomic E-state index is 2.40. The number of hydrogen-bond donors (Lipinski definition) is 0. The third-order valence-corrected chi connectivity index (χ3v) is 13.1. The van der Waals surface area contributed by atoms with Crippen molar-refractivity contribution in [1.82, 2.24) is 0 Å². The molecule has 2 heterocycles. The SMILES string of the molecule is c1cc(-c2cccc(N(c3ccc(-c4ccc5c(c4)sc4ccccc45)cc3)c3ccc4c(c3)sc3ccccc34)c2)cc(-c2cccc3ccccc23)c1. The first-order valence-corrected chi connectivity index (χ1v) is 20.3. The maximum absolute atomic E-state index is 2.40. The Morgan fingerprint density at radius 1 is 0.273 bits per heavy atom. The average molecular weight is 736 g/mol. The third kappa shape index (κ3) is 5.60. The van der Waals surface area contributed by atoms with Crippen LogP contribution in [-0.4, -0.2) is 0 Å². The fourth-order valence-electron chi connectivity index (χ4n) is 8.18. The van der Waals surface area contributed by atoms with E-state index < -0.39 is 0 Å². The van der Waals surface area contributed by atoms with Gasteiger partial charge in [0.25, 0.3) is 0 Å². The molecule has 0 amide bonds. The van der Waals surface area contributed by atoms with E-state index in [0.717, 1.165) is 17.1 Å². The molecule has 0 atom stereocenters. The van der Waals surface area contributed by atoms with Gasteiger partial charge in [0.2, 0.25) is 0 Å². The van der Waals surface area contributed by atoms with Gasteiger partial charge in [-0.1, -0.05) is 140 Å². The van der Waals surface area contributed by atoms with Gasteiger partial charge < -0.3 is 4.90 Å². The standard InChI is InChI=1S/C52H33NS2/c1-2-16-43-35(10-1)11-9-19-44(43)39-14-7-12-36(30-39)37-13-8-15-41(31-37)53(42-27-29-48-46-18-4-6-21-50(46)55-52(48)33-42)40-25-22-34(23-26-40)38-24-28-47-45-17-3-5-20-49(45)54-51(47)32-38/h1-33H. The highest BCUT2D eigenvalue weighted by Gasteiger charge is 2.17. The molecule has 0 aliphatic heterocycles. The van der Waals surface area contributed by atoms with E-state index in [0.29, 0.717) is 0 Å². The van der Waals surface area contributed by atoms with Crippen LogP contribution in [0.5, 0.6) is 0 Å². The largest absolute Gasteiger partial charge is 0.310 e. The van der Waals surface area contributed by atoms with E-state index in [1.165, 1.54) is 84.5 Å². The van der Waals surface area contributed by atoms with E-state index >= 15 is 0 Å². The number of anilines is 3. The van der Waals surface area contributed by atoms with E-state index in [4.69, 9.17) is 0 Å². The summed E-state index contributed by atoms with van der Waals surface area (Å²) in [5.41, 5.74) is 10.7. The molecule has 55 heavy (non-hydrogen) atoms. The van der Waals surface area contributed by atoms with Gasteiger partial charge in [0.15, 0.2) is 0 Å². The minimum Gasteiger partial charge on any atom is -0.310 e. The molecule has 0 bridgehead atoms. The van der Waals surface area contributed by atoms with Crippen molar-refractivity contribution in [2.45, 2.75) is 0 Å². The summed E-state index contributed by atoms with van der Waals surface area (Å²) in [5.74, 6) is 0. The van der Waals surface area contributed by atoms with Crippen LogP contribution in [0.2, 0.25) is 0 Å². The molecular weight excluding hydrogens is 703 g/mol. The summed E-state index contributed by atoms with van der Waals surface area (Å²) in [5, 5.41) is 7.80. The Morgan fingerprint density at radius 2 is 0.782 bits per heavy atom. The van der Waals surface area contributed by atoms with Gasteiger partial charge in [-0.2, -0.15) is 0 Å². The van der Waals surface area contributed by atoms with Crippen LogP contribution in [-0.2, 0) is 0 Å². The topological polar surface area (TPSA) is 3.24 Å². The van der Waals surface area contributed by atoms with Gasteiger partial charge >= 0.3 is 0 Å². The number of thiophene rings is 2. The van der Waals surface area contributed by atoms with Crippen LogP contribution >= 0.6 is 22.7 Å². The molecule has 2 aromatic heterocycles. The molecule has 0 radical (unpaired) electrons. The lowest BCUT2D eigenvalue weighted by molar-refractivity contribution is 1.29. The van der Waals surface area contributed by atoms with Crippen molar-refractivity contribution in [1.29, 1.82) is 0 Å². The highest BCUT2D eigenvalue weighted by molar-refractivity contribution is 7.26. The summed E-state index contributed by atoms with van der Waals surface area (Å²) < 4.78 is 5.26. The molecule has 0 unspecified atom stereocenters. The van der Waals surface area contributed by atoms with Crippen LogP contribution in [0.4, 0.5) is 17.1 Å². The first-order chi connectivity index (χ1) is 27.2. The summed E-state index contributed by atoms with van der Waals surface area (Å²) in [6.07, 6.45) is 0. The average Bonchev–Trinajstić information content (AvgIpc) is 3.82. The number of benzene rings is 9. The van der Waals surface area contributed by atoms with Crippen LogP contribution < -0.4 is 4.90 Å². The fourth-order valence-corrected chi connectivity index (χ4v) is 10.5. The number of rotatable bonds is 6. The minimum atomic E-state index is 1.12. The van der Waals surface area contributed by atoms with Crippen molar-refractivity contribution in [2.75, 3.05) is 4.90 Å². The Hall–Kier alpha value is -6.52. The summed E-state index contributed by atoms with van der Waals surface area (Å²) >= 11 is 3.73. The molecule has 11 rings (SSSR count). The van der Waals surface area contributed by atoms with Crippen molar-refractivity contribution < 1.29 is 0 Å². The predicted octanol–water partition coefficient (Wildman–Crippen LogP) is 16.0. The zero-order valence-corrected chi connectivity index (χ0v) is 31.4. The van der Waals surface area contributed by atoms with Crippen molar-refractivity contribution in [3.8, 4) is 33.4 Å². The van der Waals surface area contributed by atoms with Crippen molar-refractivity contribution in [3.05, 3.63) is 200 Å². The summed E-state index contributed by atoms with van der Waals surface area (Å²) in [7, 11) is 0. The molecular formula is C52H33NS2. The van der Waals surface area contributed by atoms with Gasteiger partial charge in [0.05, 0.1) is 0 Å². The highest BCUT2D eigenvalue weighted by atomic mass is 32.1. The summed E-state index contributed by atoms with van der Waals surface area (Å²) in [6, 6.07) is 73.5. The molecule has 3 heteroatoms. The summed E-state index contributed by atoms with van der Waals surface area (Å²) in [6.45, 7) is 0. The molecule has 9 aromatic carbocycles. The lowest BCUT2D eigenvalue weighted by Crippen LogP contribution is -2.09. The lowest BCUT2D eigenvalue weighted by atomic mass is 9.95. The van der Waals surface area contributed by atoms with E-state index in [2.05, 4.69) is 205 Å². The van der Waals surface area contributed by atoms with Gasteiger partial charge in [-0.15, -0.1) is 22.7 Å². The Bertz CT molecular complexity index is 3220. The third-order valence-electron chi connectivity index (χ3n) is 10.9. The Labute approximate surface area is 327 Å². The molecule has 1 nitrogen and oxygen atoms in total. The quantitative estimate of drug-likeness (QED) is 0.164. The zero-order valence-electron chi connectivity index (χ0n) is 29.8. The Balaban J connectivity index is 1.01. The number of fused-ring (bicyclic) bond motifs is 7. The Morgan fingerprint density at radius 3 is 1.56 bits per heavy atom. The number of nitrogens with zero attached hydrogens (tertiary/aromatic N) is 1. The van der Waals surface area contributed by atoms with Crippen LogP contribution in [0.1, 0.15) is 0 Å². The van der Waals surface area contributed by atoms with Crippen molar-refractivity contribution in [3.63, 3.8) is 0 Å². The first kappa shape index (κ1) is 32.0. The van der Waals surface area contributed by atoms with Crippen LogP contribution in [0.25, 0.3) is 84.5 Å². The van der Waals surface area contributed by atoms with Crippen LogP contribution in [0.3, 0.4) is 0 Å². The maximum Gasteiger partial charge on any atom is 0.0476 e. The normalized spacial score (nSPS) is 11.6. The Kier molecular flexibility index (Phi) is 7.61. The molecule has 0 saturated heterocycles. The van der Waals surface area contributed by atoms with Crippen molar-refractivity contribution in [2.24, 2.45) is 0 Å². The molecule has 258 valence electrons. The second-order valence-corrected chi connectivity index (χ2v) is 16.3.